The van der Waals surface area contributed by atoms with Gasteiger partial charge in [0.25, 0.3) is 0 Å². The Bertz CT molecular complexity index is 820. The summed E-state index contributed by atoms with van der Waals surface area (Å²) in [6, 6.07) is 0. The molecular weight excluding hydrogens is 760 g/mol. The summed E-state index contributed by atoms with van der Waals surface area (Å²) in [4.78, 5) is 23.6. The highest BCUT2D eigenvalue weighted by molar-refractivity contribution is 5.69. The molecule has 0 amide bonds. The fraction of sp³-hybridized carbons (Fsp3) is 0.957. The number of hydrogen-bond donors (Lipinski definition) is 0. The first-order valence-electron chi connectivity index (χ1n) is 23.7. The second kappa shape index (κ2) is 52.7. The van der Waals surface area contributed by atoms with Gasteiger partial charge >= 0.3 is 11.9 Å². The molecule has 0 heterocycles. The molecular formula is C46H90O13. The van der Waals surface area contributed by atoms with Gasteiger partial charge < -0.3 is 52.1 Å². The van der Waals surface area contributed by atoms with E-state index < -0.39 is 0 Å². The van der Waals surface area contributed by atoms with E-state index in [4.69, 9.17) is 52.1 Å². The lowest BCUT2D eigenvalue weighted by Gasteiger charge is -2.09. The summed E-state index contributed by atoms with van der Waals surface area (Å²) in [7, 11) is 0. The lowest BCUT2D eigenvalue weighted by Crippen LogP contribution is -2.15. The van der Waals surface area contributed by atoms with Gasteiger partial charge in [0.2, 0.25) is 0 Å². The fourth-order valence-electron chi connectivity index (χ4n) is 5.95. The van der Waals surface area contributed by atoms with Crippen molar-refractivity contribution in [2.24, 2.45) is 0 Å². The van der Waals surface area contributed by atoms with Crippen molar-refractivity contribution in [3.63, 3.8) is 0 Å². The van der Waals surface area contributed by atoms with Crippen LogP contribution in [0.5, 0.6) is 0 Å². The molecule has 0 aromatic carbocycles. The van der Waals surface area contributed by atoms with E-state index in [1.165, 1.54) is 103 Å². The van der Waals surface area contributed by atoms with Crippen molar-refractivity contribution in [2.75, 3.05) is 132 Å². The highest BCUT2D eigenvalue weighted by atomic mass is 16.6. The third-order valence-corrected chi connectivity index (χ3v) is 9.43. The van der Waals surface area contributed by atoms with Crippen LogP contribution < -0.4 is 0 Å². The number of carbonyl (C=O) groups excluding carboxylic acids is 2. The molecule has 0 radical (unpaired) electrons. The van der Waals surface area contributed by atoms with Crippen molar-refractivity contribution in [1.29, 1.82) is 0 Å². The number of ether oxygens (including phenoxy) is 11. The largest absolute Gasteiger partial charge is 0.463 e. The second-order valence-corrected chi connectivity index (χ2v) is 14.8. The SMILES string of the molecule is CCCCCCCCCCCCCCCC(=O)OCCOCCOCCOCCOCCOCCOCCOCCOCCOCCOC(=O)CCCCCCCCC. The molecule has 0 bridgehead atoms. The molecule has 352 valence electrons. The predicted molar refractivity (Wildman–Crippen MR) is 232 cm³/mol. The van der Waals surface area contributed by atoms with Gasteiger partial charge in [-0.1, -0.05) is 129 Å². The highest BCUT2D eigenvalue weighted by Crippen LogP contribution is 2.13. The average molecular weight is 851 g/mol. The summed E-state index contributed by atoms with van der Waals surface area (Å²) >= 11 is 0. The monoisotopic (exact) mass is 851 g/mol. The summed E-state index contributed by atoms with van der Waals surface area (Å²) in [5, 5.41) is 0. The number of esters is 2. The van der Waals surface area contributed by atoms with Gasteiger partial charge in [-0.15, -0.1) is 0 Å². The van der Waals surface area contributed by atoms with E-state index in [1.54, 1.807) is 0 Å². The molecule has 0 saturated carbocycles. The van der Waals surface area contributed by atoms with Crippen LogP contribution in [0.1, 0.15) is 155 Å². The third kappa shape index (κ3) is 52.7. The Kier molecular flexibility index (Phi) is 51.4. The number of rotatable bonds is 52. The van der Waals surface area contributed by atoms with Gasteiger partial charge in [-0.3, -0.25) is 9.59 Å². The number of hydrogen-bond acceptors (Lipinski definition) is 13. The molecule has 0 spiro atoms. The normalized spacial score (nSPS) is 11.4. The van der Waals surface area contributed by atoms with Crippen molar-refractivity contribution >= 4 is 11.9 Å². The van der Waals surface area contributed by atoms with Crippen LogP contribution in [-0.4, -0.2) is 144 Å². The van der Waals surface area contributed by atoms with E-state index in [0.717, 1.165) is 25.7 Å². The van der Waals surface area contributed by atoms with Gasteiger partial charge in [0.05, 0.1) is 119 Å². The smallest absolute Gasteiger partial charge is 0.305 e. The molecule has 13 nitrogen and oxygen atoms in total. The lowest BCUT2D eigenvalue weighted by molar-refractivity contribution is -0.146. The molecule has 0 aromatic heterocycles. The third-order valence-electron chi connectivity index (χ3n) is 9.43. The van der Waals surface area contributed by atoms with E-state index in [0.29, 0.717) is 132 Å². The maximum atomic E-state index is 11.9. The molecule has 0 N–H and O–H groups in total. The Morgan fingerprint density at radius 2 is 0.407 bits per heavy atom. The molecule has 0 fully saturated rings. The molecule has 59 heavy (non-hydrogen) atoms. The first-order valence-corrected chi connectivity index (χ1v) is 23.7. The summed E-state index contributed by atoms with van der Waals surface area (Å²) in [5.74, 6) is -0.276. The standard InChI is InChI=1S/C46H90O13/c1-3-5-7-9-11-12-13-14-15-16-18-20-22-24-46(48)59-44-42-57-40-38-55-36-34-53-32-30-51-28-26-49-25-27-50-29-31-52-33-35-54-37-39-56-41-43-58-45(47)23-21-19-17-10-8-6-4-2/h3-44H2,1-2H3. The van der Waals surface area contributed by atoms with Crippen molar-refractivity contribution < 1.29 is 61.7 Å². The fourth-order valence-corrected chi connectivity index (χ4v) is 5.95. The minimum absolute atomic E-state index is 0.134. The maximum absolute atomic E-state index is 11.9. The van der Waals surface area contributed by atoms with Gasteiger partial charge in [0.1, 0.15) is 13.2 Å². The Labute approximate surface area is 360 Å². The van der Waals surface area contributed by atoms with Crippen LogP contribution in [-0.2, 0) is 61.7 Å². The van der Waals surface area contributed by atoms with Gasteiger partial charge in [-0.25, -0.2) is 0 Å². The van der Waals surface area contributed by atoms with Crippen LogP contribution >= 0.6 is 0 Å². The Balaban J connectivity index is 3.15. The van der Waals surface area contributed by atoms with E-state index in [1.807, 2.05) is 0 Å². The first kappa shape index (κ1) is 57.6. The van der Waals surface area contributed by atoms with Crippen LogP contribution in [0, 0.1) is 0 Å². The molecule has 0 aliphatic carbocycles. The topological polar surface area (TPSA) is 136 Å². The van der Waals surface area contributed by atoms with E-state index >= 15 is 0 Å². The summed E-state index contributed by atoms with van der Waals surface area (Å²) in [5.41, 5.74) is 0. The molecule has 0 rings (SSSR count). The summed E-state index contributed by atoms with van der Waals surface area (Å²) in [6.07, 6.45) is 26.1. The molecule has 0 aromatic rings. The van der Waals surface area contributed by atoms with Crippen molar-refractivity contribution in [3.8, 4) is 0 Å². The first-order chi connectivity index (χ1) is 29.2. The number of carbonyl (C=O) groups is 2. The van der Waals surface area contributed by atoms with Crippen LogP contribution in [0.2, 0.25) is 0 Å². The number of unbranched alkanes of at least 4 members (excludes halogenated alkanes) is 18. The maximum Gasteiger partial charge on any atom is 0.305 e. The zero-order valence-electron chi connectivity index (χ0n) is 38.0. The molecule has 0 atom stereocenters. The van der Waals surface area contributed by atoms with Crippen LogP contribution in [0.25, 0.3) is 0 Å². The van der Waals surface area contributed by atoms with Gasteiger partial charge in [-0.05, 0) is 12.8 Å². The highest BCUT2D eigenvalue weighted by Gasteiger charge is 2.04. The zero-order chi connectivity index (χ0) is 42.6. The van der Waals surface area contributed by atoms with Gasteiger partial charge in [0, 0.05) is 12.8 Å². The van der Waals surface area contributed by atoms with Crippen LogP contribution in [0.15, 0.2) is 0 Å². The van der Waals surface area contributed by atoms with Crippen molar-refractivity contribution in [2.45, 2.75) is 155 Å². The Morgan fingerprint density at radius 1 is 0.237 bits per heavy atom. The summed E-state index contributed by atoms with van der Waals surface area (Å²) < 4.78 is 59.9. The van der Waals surface area contributed by atoms with Crippen LogP contribution in [0.4, 0.5) is 0 Å². The van der Waals surface area contributed by atoms with Crippen LogP contribution in [0.3, 0.4) is 0 Å². The minimum atomic E-state index is -0.142. The molecule has 13 heteroatoms. The molecule has 0 unspecified atom stereocenters. The predicted octanol–water partition coefficient (Wildman–Crippen LogP) is 8.84. The Morgan fingerprint density at radius 3 is 0.610 bits per heavy atom. The Hall–Kier alpha value is -1.42. The molecule has 0 saturated heterocycles. The molecule has 0 aliphatic rings. The quantitative estimate of drug-likeness (QED) is 0.0426. The lowest BCUT2D eigenvalue weighted by atomic mass is 10.0. The van der Waals surface area contributed by atoms with Gasteiger partial charge in [-0.2, -0.15) is 0 Å². The van der Waals surface area contributed by atoms with Crippen molar-refractivity contribution in [1.82, 2.24) is 0 Å². The average Bonchev–Trinajstić information content (AvgIpc) is 3.24. The second-order valence-electron chi connectivity index (χ2n) is 14.8. The van der Waals surface area contributed by atoms with Crippen molar-refractivity contribution in [3.05, 3.63) is 0 Å². The van der Waals surface area contributed by atoms with E-state index in [9.17, 15) is 9.59 Å². The minimum Gasteiger partial charge on any atom is -0.463 e. The summed E-state index contributed by atoms with van der Waals surface area (Å²) in [6.45, 7) is 13.5. The van der Waals surface area contributed by atoms with E-state index in [-0.39, 0.29) is 25.2 Å². The zero-order valence-corrected chi connectivity index (χ0v) is 38.0. The van der Waals surface area contributed by atoms with Gasteiger partial charge in [0.15, 0.2) is 0 Å². The van der Waals surface area contributed by atoms with E-state index in [2.05, 4.69) is 13.8 Å². The molecule has 0 aliphatic heterocycles.